The molecule has 2 heterocycles. The first kappa shape index (κ1) is 19.5. The lowest BCUT2D eigenvalue weighted by Crippen LogP contribution is -2.51. The SMILES string of the molecule is CCS(=O)(=O)[N+]1(c2ccc(Oc3ccc4c(c3)OCO4)cc2)C=C(CN)C=CC1. The molecule has 4 rings (SSSR count). The van der Waals surface area contributed by atoms with Gasteiger partial charge in [-0.15, -0.1) is 0 Å². The largest absolute Gasteiger partial charge is 0.457 e. The molecule has 0 aliphatic carbocycles. The average Bonchev–Trinajstić information content (AvgIpc) is 3.22. The maximum absolute atomic E-state index is 13.0. The predicted molar refractivity (Wildman–Crippen MR) is 111 cm³/mol. The molecule has 1 atom stereocenters. The van der Waals surface area contributed by atoms with Gasteiger partial charge in [0.05, 0.1) is 5.75 Å². The molecule has 2 aliphatic heterocycles. The minimum Gasteiger partial charge on any atom is -0.457 e. The summed E-state index contributed by atoms with van der Waals surface area (Å²) in [6, 6.07) is 12.4. The third-order valence-electron chi connectivity index (χ3n) is 5.03. The normalized spacial score (nSPS) is 20.4. The van der Waals surface area contributed by atoms with Crippen molar-refractivity contribution < 1.29 is 22.6 Å². The number of nitrogens with zero attached hydrogens (tertiary/aromatic N) is 1. The molecule has 1 unspecified atom stereocenters. The highest BCUT2D eigenvalue weighted by Gasteiger charge is 2.42. The molecule has 0 fully saturated rings. The number of hydrogen-bond acceptors (Lipinski definition) is 6. The van der Waals surface area contributed by atoms with Gasteiger partial charge in [-0.05, 0) is 37.3 Å². The Kier molecular flexibility index (Phi) is 5.08. The molecule has 2 aromatic carbocycles. The van der Waals surface area contributed by atoms with Gasteiger partial charge in [0.15, 0.2) is 17.2 Å². The van der Waals surface area contributed by atoms with Crippen LogP contribution in [0, 0.1) is 0 Å². The lowest BCUT2D eigenvalue weighted by Gasteiger charge is -2.34. The molecule has 8 heteroatoms. The van der Waals surface area contributed by atoms with Crippen LogP contribution in [-0.2, 0) is 10.0 Å². The summed E-state index contributed by atoms with van der Waals surface area (Å²) in [5, 5.41) is 0. The standard InChI is InChI=1S/C21H23N2O5S/c1-2-29(24,25)23(11-3-4-16(13-22)14-23)17-5-7-18(8-6-17)28-19-9-10-20-21(12-19)27-15-26-20/h3-10,12,14H,2,11,13,15,22H2,1H3/q+1. The van der Waals surface area contributed by atoms with Crippen molar-refractivity contribution in [3.05, 3.63) is 66.4 Å². The lowest BCUT2D eigenvalue weighted by atomic mass is 10.2. The molecule has 2 aliphatic rings. The smallest absolute Gasteiger partial charge is 0.306 e. The fourth-order valence-corrected chi connectivity index (χ4v) is 4.97. The predicted octanol–water partition coefficient (Wildman–Crippen LogP) is 3.28. The van der Waals surface area contributed by atoms with Crippen LogP contribution in [-0.4, -0.2) is 34.1 Å². The number of nitrogens with two attached hydrogens (primary N) is 1. The monoisotopic (exact) mass is 415 g/mol. The van der Waals surface area contributed by atoms with Gasteiger partial charge < -0.3 is 19.9 Å². The molecule has 0 aromatic heterocycles. The van der Waals surface area contributed by atoms with Crippen LogP contribution < -0.4 is 23.8 Å². The van der Waals surface area contributed by atoms with Gasteiger partial charge in [0.1, 0.15) is 24.2 Å². The molecule has 0 bridgehead atoms. The minimum absolute atomic E-state index is 0.0185. The Morgan fingerprint density at radius 3 is 2.52 bits per heavy atom. The summed E-state index contributed by atoms with van der Waals surface area (Å²) in [4.78, 5) is 0. The van der Waals surface area contributed by atoms with Crippen LogP contribution in [0.15, 0.2) is 66.4 Å². The highest BCUT2D eigenvalue weighted by Crippen LogP contribution is 2.38. The van der Waals surface area contributed by atoms with E-state index in [1.54, 1.807) is 55.6 Å². The van der Waals surface area contributed by atoms with Crippen LogP contribution in [0.2, 0.25) is 0 Å². The fraction of sp³-hybridized carbons (Fsp3) is 0.238. The molecule has 2 N–H and O–H groups in total. The van der Waals surface area contributed by atoms with Crippen LogP contribution in [0.4, 0.5) is 5.69 Å². The van der Waals surface area contributed by atoms with E-state index in [2.05, 4.69) is 0 Å². The van der Waals surface area contributed by atoms with Crippen molar-refractivity contribution >= 4 is 15.7 Å². The number of benzene rings is 2. The van der Waals surface area contributed by atoms with Gasteiger partial charge in [-0.3, -0.25) is 0 Å². The lowest BCUT2D eigenvalue weighted by molar-refractivity contribution is 0.174. The minimum atomic E-state index is -3.47. The molecule has 2 aromatic rings. The van der Waals surface area contributed by atoms with Gasteiger partial charge in [0.25, 0.3) is 0 Å². The first-order valence-electron chi connectivity index (χ1n) is 9.34. The van der Waals surface area contributed by atoms with E-state index in [4.69, 9.17) is 19.9 Å². The maximum atomic E-state index is 13.0. The number of hydrogen-bond donors (Lipinski definition) is 1. The van der Waals surface area contributed by atoms with E-state index in [-0.39, 0.29) is 23.0 Å². The van der Waals surface area contributed by atoms with E-state index in [9.17, 15) is 8.42 Å². The zero-order valence-corrected chi connectivity index (χ0v) is 16.9. The Balaban J connectivity index is 1.65. The van der Waals surface area contributed by atoms with Crippen LogP contribution in [0.5, 0.6) is 23.0 Å². The number of rotatable bonds is 6. The fourth-order valence-electron chi connectivity index (χ4n) is 3.45. The number of ether oxygens (including phenoxy) is 3. The molecule has 0 spiro atoms. The molecule has 0 saturated carbocycles. The molecule has 0 amide bonds. The van der Waals surface area contributed by atoms with Crippen LogP contribution in [0.3, 0.4) is 0 Å². The zero-order valence-electron chi connectivity index (χ0n) is 16.1. The quantitative estimate of drug-likeness (QED) is 0.729. The van der Waals surface area contributed by atoms with Gasteiger partial charge in [-0.2, -0.15) is 12.3 Å². The van der Waals surface area contributed by atoms with Crippen molar-refractivity contribution in [1.29, 1.82) is 0 Å². The van der Waals surface area contributed by atoms with E-state index in [0.29, 0.717) is 35.2 Å². The Morgan fingerprint density at radius 1 is 1.07 bits per heavy atom. The van der Waals surface area contributed by atoms with Gasteiger partial charge in [0.2, 0.25) is 6.79 Å². The maximum Gasteiger partial charge on any atom is 0.306 e. The highest BCUT2D eigenvalue weighted by atomic mass is 32.2. The average molecular weight is 415 g/mol. The second kappa shape index (κ2) is 7.55. The van der Waals surface area contributed by atoms with Gasteiger partial charge in [-0.25, -0.2) is 0 Å². The number of fused-ring (bicyclic) bond motifs is 1. The Hall–Kier alpha value is -2.81. The number of sulfonamides is 1. The Morgan fingerprint density at radius 2 is 1.79 bits per heavy atom. The van der Waals surface area contributed by atoms with Gasteiger partial charge >= 0.3 is 10.0 Å². The molecule has 29 heavy (non-hydrogen) atoms. The summed E-state index contributed by atoms with van der Waals surface area (Å²) in [5.41, 5.74) is 7.20. The summed E-state index contributed by atoms with van der Waals surface area (Å²) < 4.78 is 42.3. The first-order chi connectivity index (χ1) is 14.0. The van der Waals surface area contributed by atoms with E-state index < -0.39 is 10.0 Å². The summed E-state index contributed by atoms with van der Waals surface area (Å²) in [6.07, 6.45) is 5.46. The molecular weight excluding hydrogens is 392 g/mol. The van der Waals surface area contributed by atoms with Gasteiger partial charge in [0, 0.05) is 30.3 Å². The molecule has 0 saturated heterocycles. The van der Waals surface area contributed by atoms with Crippen molar-refractivity contribution in [2.75, 3.05) is 25.6 Å². The van der Waals surface area contributed by atoms with Crippen LogP contribution >= 0.6 is 0 Å². The van der Waals surface area contributed by atoms with E-state index in [1.165, 1.54) is 0 Å². The second-order valence-corrected chi connectivity index (χ2v) is 9.16. The summed E-state index contributed by atoms with van der Waals surface area (Å²) in [5.74, 6) is 2.54. The zero-order chi connectivity index (χ0) is 20.5. The van der Waals surface area contributed by atoms with E-state index in [0.717, 1.165) is 5.57 Å². The van der Waals surface area contributed by atoms with Crippen molar-refractivity contribution in [3.63, 3.8) is 0 Å². The molecular formula is C21H23N2O5S+. The summed E-state index contributed by atoms with van der Waals surface area (Å²) in [7, 11) is -3.47. The van der Waals surface area contributed by atoms with E-state index >= 15 is 0 Å². The Labute approximate surface area is 170 Å². The van der Waals surface area contributed by atoms with E-state index in [1.807, 2.05) is 12.2 Å². The summed E-state index contributed by atoms with van der Waals surface area (Å²) in [6.45, 7) is 2.45. The summed E-state index contributed by atoms with van der Waals surface area (Å²) >= 11 is 0. The van der Waals surface area contributed by atoms with Gasteiger partial charge in [-0.1, -0.05) is 6.08 Å². The molecule has 0 radical (unpaired) electrons. The number of quaternary nitrogens is 1. The second-order valence-electron chi connectivity index (χ2n) is 6.77. The van der Waals surface area contributed by atoms with Crippen molar-refractivity contribution in [1.82, 2.24) is 3.89 Å². The Bertz CT molecular complexity index is 1080. The van der Waals surface area contributed by atoms with Crippen LogP contribution in [0.1, 0.15) is 6.92 Å². The molecule has 7 nitrogen and oxygen atoms in total. The van der Waals surface area contributed by atoms with Crippen LogP contribution in [0.25, 0.3) is 0 Å². The van der Waals surface area contributed by atoms with Crippen molar-refractivity contribution in [2.24, 2.45) is 5.73 Å². The van der Waals surface area contributed by atoms with Crippen molar-refractivity contribution in [2.45, 2.75) is 6.92 Å². The highest BCUT2D eigenvalue weighted by molar-refractivity contribution is 7.91. The topological polar surface area (TPSA) is 87.9 Å². The molecule has 152 valence electrons. The first-order valence-corrected chi connectivity index (χ1v) is 11.0. The third kappa shape index (κ3) is 3.50. The van der Waals surface area contributed by atoms with Crippen molar-refractivity contribution in [3.8, 4) is 23.0 Å². The third-order valence-corrected chi connectivity index (χ3v) is 7.22.